The molecule has 1 aromatic rings. The summed E-state index contributed by atoms with van der Waals surface area (Å²) in [5, 5.41) is 0. The van der Waals surface area contributed by atoms with Gasteiger partial charge in [-0.05, 0) is 19.8 Å². The van der Waals surface area contributed by atoms with E-state index in [1.54, 1.807) is 0 Å². The van der Waals surface area contributed by atoms with Gasteiger partial charge >= 0.3 is 5.97 Å². The van der Waals surface area contributed by atoms with E-state index in [4.69, 9.17) is 4.74 Å². The molecule has 4 heteroatoms. The zero-order valence-electron chi connectivity index (χ0n) is 10.6. The Labute approximate surface area is 102 Å². The van der Waals surface area contributed by atoms with Crippen LogP contribution >= 0.6 is 0 Å². The van der Waals surface area contributed by atoms with Gasteiger partial charge in [0.05, 0.1) is 12.3 Å². The molecule has 1 rings (SSSR count). The highest BCUT2D eigenvalue weighted by atomic mass is 16.5. The molecule has 0 spiro atoms. The molecule has 0 N–H and O–H groups in total. The van der Waals surface area contributed by atoms with Crippen LogP contribution in [0.4, 0.5) is 0 Å². The third kappa shape index (κ3) is 5.43. The largest absolute Gasteiger partial charge is 0.458 e. The van der Waals surface area contributed by atoms with E-state index in [9.17, 15) is 4.79 Å². The minimum atomic E-state index is -0.388. The van der Waals surface area contributed by atoms with Crippen molar-refractivity contribution in [3.63, 3.8) is 0 Å². The Morgan fingerprint density at radius 2 is 2.18 bits per heavy atom. The number of hydrogen-bond acceptors (Lipinski definition) is 4. The van der Waals surface area contributed by atoms with E-state index in [-0.39, 0.29) is 17.8 Å². The number of ether oxygens (including phenoxy) is 1. The third-order valence-electron chi connectivity index (χ3n) is 2.54. The number of unbranched alkanes of at least 4 members (excludes halogenated alkanes) is 3. The molecule has 0 aromatic carbocycles. The van der Waals surface area contributed by atoms with Crippen molar-refractivity contribution in [2.75, 3.05) is 0 Å². The van der Waals surface area contributed by atoms with Crippen molar-refractivity contribution in [2.24, 2.45) is 0 Å². The van der Waals surface area contributed by atoms with Crippen LogP contribution in [0.2, 0.25) is 0 Å². The molecule has 0 fully saturated rings. The van der Waals surface area contributed by atoms with Gasteiger partial charge < -0.3 is 4.74 Å². The van der Waals surface area contributed by atoms with Gasteiger partial charge in [-0.25, -0.2) is 9.78 Å². The zero-order valence-corrected chi connectivity index (χ0v) is 10.6. The lowest BCUT2D eigenvalue weighted by atomic mass is 10.1. The van der Waals surface area contributed by atoms with Gasteiger partial charge in [0.2, 0.25) is 0 Å². The molecule has 94 valence electrons. The second-order valence-corrected chi connectivity index (χ2v) is 4.16. The number of rotatable bonds is 7. The van der Waals surface area contributed by atoms with Crippen molar-refractivity contribution in [1.82, 2.24) is 9.97 Å². The predicted octanol–water partition coefficient (Wildman–Crippen LogP) is 2.99. The summed E-state index contributed by atoms with van der Waals surface area (Å²) < 4.78 is 5.28. The first-order chi connectivity index (χ1) is 8.24. The fourth-order valence-electron chi connectivity index (χ4n) is 1.57. The van der Waals surface area contributed by atoms with Gasteiger partial charge in [-0.1, -0.05) is 26.2 Å². The number of hydrogen-bond donors (Lipinski definition) is 0. The monoisotopic (exact) mass is 236 g/mol. The van der Waals surface area contributed by atoms with Gasteiger partial charge in [0.1, 0.15) is 0 Å². The molecule has 0 amide bonds. The first kappa shape index (κ1) is 13.6. The summed E-state index contributed by atoms with van der Waals surface area (Å²) in [6, 6.07) is 0. The van der Waals surface area contributed by atoms with Gasteiger partial charge in [-0.2, -0.15) is 0 Å². The van der Waals surface area contributed by atoms with Crippen LogP contribution in [0.1, 0.15) is 56.4 Å². The Kier molecular flexibility index (Phi) is 6.22. The lowest BCUT2D eigenvalue weighted by molar-refractivity contribution is 0.0312. The van der Waals surface area contributed by atoms with Crippen molar-refractivity contribution < 1.29 is 9.53 Å². The lowest BCUT2D eigenvalue weighted by Crippen LogP contribution is -2.16. The molecule has 1 heterocycles. The van der Waals surface area contributed by atoms with Gasteiger partial charge in [-0.15, -0.1) is 0 Å². The minimum absolute atomic E-state index is 0.0543. The Bertz CT molecular complexity index is 327. The Morgan fingerprint density at radius 3 is 2.82 bits per heavy atom. The van der Waals surface area contributed by atoms with E-state index in [2.05, 4.69) is 16.9 Å². The van der Waals surface area contributed by atoms with E-state index in [0.29, 0.717) is 0 Å². The number of esters is 1. The first-order valence-corrected chi connectivity index (χ1v) is 6.21. The molecule has 0 aliphatic rings. The van der Waals surface area contributed by atoms with Crippen LogP contribution < -0.4 is 0 Å². The van der Waals surface area contributed by atoms with E-state index >= 15 is 0 Å². The maximum Gasteiger partial charge on any atom is 0.358 e. The van der Waals surface area contributed by atoms with Crippen LogP contribution in [-0.4, -0.2) is 22.0 Å². The molecule has 0 bridgehead atoms. The summed E-state index contributed by atoms with van der Waals surface area (Å²) in [7, 11) is 0. The molecule has 0 radical (unpaired) electrons. The Morgan fingerprint density at radius 1 is 1.35 bits per heavy atom. The maximum atomic E-state index is 11.6. The van der Waals surface area contributed by atoms with E-state index in [1.165, 1.54) is 37.9 Å². The second-order valence-electron chi connectivity index (χ2n) is 4.16. The third-order valence-corrected chi connectivity index (χ3v) is 2.54. The normalized spacial score (nSPS) is 12.1. The Balaban J connectivity index is 2.26. The second kappa shape index (κ2) is 7.76. The molecule has 0 aliphatic carbocycles. The molecule has 0 unspecified atom stereocenters. The van der Waals surface area contributed by atoms with Crippen molar-refractivity contribution in [3.05, 3.63) is 24.3 Å². The van der Waals surface area contributed by atoms with Crippen molar-refractivity contribution in [2.45, 2.75) is 52.1 Å². The zero-order chi connectivity index (χ0) is 12.5. The number of nitrogens with zero attached hydrogens (tertiary/aromatic N) is 2. The standard InChI is InChI=1S/C13H20N2O2/c1-3-4-5-6-7-11(2)17-13(16)12-10-14-8-9-15-12/h8-11H,3-7H2,1-2H3/t11-/m0/s1. The summed E-state index contributed by atoms with van der Waals surface area (Å²) in [6.07, 6.45) is 10.1. The highest BCUT2D eigenvalue weighted by Crippen LogP contribution is 2.09. The van der Waals surface area contributed by atoms with Crippen LogP contribution in [0.5, 0.6) is 0 Å². The fraction of sp³-hybridized carbons (Fsp3) is 0.615. The van der Waals surface area contributed by atoms with Crippen LogP contribution in [0.25, 0.3) is 0 Å². The molecule has 0 aliphatic heterocycles. The summed E-state index contributed by atoms with van der Waals surface area (Å²) in [4.78, 5) is 19.4. The Hall–Kier alpha value is -1.45. The number of carbonyl (C=O) groups excluding carboxylic acids is 1. The lowest BCUT2D eigenvalue weighted by Gasteiger charge is -2.12. The van der Waals surface area contributed by atoms with E-state index in [1.807, 2.05) is 6.92 Å². The average molecular weight is 236 g/mol. The highest BCUT2D eigenvalue weighted by molar-refractivity contribution is 5.86. The summed E-state index contributed by atoms with van der Waals surface area (Å²) in [6.45, 7) is 4.09. The first-order valence-electron chi connectivity index (χ1n) is 6.21. The molecule has 1 atom stereocenters. The van der Waals surface area contributed by atoms with Crippen LogP contribution in [0.3, 0.4) is 0 Å². The maximum absolute atomic E-state index is 11.6. The summed E-state index contributed by atoms with van der Waals surface area (Å²) in [5.41, 5.74) is 0.271. The minimum Gasteiger partial charge on any atom is -0.458 e. The molecule has 4 nitrogen and oxygen atoms in total. The SMILES string of the molecule is CCCCCC[C@H](C)OC(=O)c1cnccn1. The van der Waals surface area contributed by atoms with E-state index < -0.39 is 0 Å². The summed E-state index contributed by atoms with van der Waals surface area (Å²) >= 11 is 0. The molecule has 1 aromatic heterocycles. The molecule has 17 heavy (non-hydrogen) atoms. The summed E-state index contributed by atoms with van der Waals surface area (Å²) in [5.74, 6) is -0.388. The predicted molar refractivity (Wildman–Crippen MR) is 65.7 cm³/mol. The molecule has 0 saturated carbocycles. The smallest absolute Gasteiger partial charge is 0.358 e. The van der Waals surface area contributed by atoms with Crippen LogP contribution in [0.15, 0.2) is 18.6 Å². The van der Waals surface area contributed by atoms with Crippen molar-refractivity contribution in [1.29, 1.82) is 0 Å². The van der Waals surface area contributed by atoms with Crippen molar-refractivity contribution >= 4 is 5.97 Å². The fourth-order valence-corrected chi connectivity index (χ4v) is 1.57. The van der Waals surface area contributed by atoms with Crippen LogP contribution in [0, 0.1) is 0 Å². The van der Waals surface area contributed by atoms with Crippen LogP contribution in [-0.2, 0) is 4.74 Å². The van der Waals surface area contributed by atoms with E-state index in [0.717, 1.165) is 12.8 Å². The van der Waals surface area contributed by atoms with Gasteiger partial charge in [-0.3, -0.25) is 4.98 Å². The quantitative estimate of drug-likeness (QED) is 0.539. The van der Waals surface area contributed by atoms with Gasteiger partial charge in [0.15, 0.2) is 5.69 Å². The van der Waals surface area contributed by atoms with Gasteiger partial charge in [0.25, 0.3) is 0 Å². The number of aromatic nitrogens is 2. The average Bonchev–Trinajstić information content (AvgIpc) is 2.36. The molecular weight excluding hydrogens is 216 g/mol. The molecule has 0 saturated heterocycles. The highest BCUT2D eigenvalue weighted by Gasteiger charge is 2.12. The number of carbonyl (C=O) groups is 1. The van der Waals surface area contributed by atoms with Crippen molar-refractivity contribution in [3.8, 4) is 0 Å². The molecular formula is C13H20N2O2. The van der Waals surface area contributed by atoms with Gasteiger partial charge in [0, 0.05) is 12.4 Å². The topological polar surface area (TPSA) is 52.1 Å².